The molecule has 13 nitrogen and oxygen atoms in total. The number of amides is 2. The minimum atomic E-state index is -5.10. The molecule has 3 saturated heterocycles. The summed E-state index contributed by atoms with van der Waals surface area (Å²) in [6.45, 7) is 19.2. The van der Waals surface area contributed by atoms with Crippen LogP contribution >= 0.6 is 11.3 Å². The van der Waals surface area contributed by atoms with Gasteiger partial charge < -0.3 is 23.8 Å². The maximum atomic E-state index is 15.4. The van der Waals surface area contributed by atoms with E-state index >= 15 is 17.6 Å². The highest BCUT2D eigenvalue weighted by atomic mass is 32.1. The molecule has 19 heteroatoms. The molecule has 0 aliphatic carbocycles. The van der Waals surface area contributed by atoms with Crippen molar-refractivity contribution in [3.05, 3.63) is 41.1 Å². The molecule has 4 aromatic rings. The quantitative estimate of drug-likeness (QED) is 0.142. The molecule has 1 N–H and O–H groups in total. The van der Waals surface area contributed by atoms with Crippen LogP contribution < -0.4 is 14.8 Å². The van der Waals surface area contributed by atoms with Crippen LogP contribution in [0.5, 0.6) is 11.9 Å². The van der Waals surface area contributed by atoms with Crippen molar-refractivity contribution in [1.82, 2.24) is 24.8 Å². The van der Waals surface area contributed by atoms with Crippen LogP contribution in [0.25, 0.3) is 37.1 Å². The van der Waals surface area contributed by atoms with Gasteiger partial charge in [0.2, 0.25) is 11.6 Å². The van der Waals surface area contributed by atoms with Gasteiger partial charge >= 0.3 is 24.4 Å². The van der Waals surface area contributed by atoms with Gasteiger partial charge in [-0.05, 0) is 78.6 Å². The SMILES string of the molecule is [C-]#[N+]c1c(NC(=O)OC(C)(C)C)sc2c(F)ccc(-c3cc4nc(OC[C@@]56CCCN5C[C@H](F)C6)nc(O[C@@H]5CCN(C(=O)OC(C)(C)C)C5)c4nc3C(F)(F)F)c12. The fraction of sp³-hybridized carbons (Fsp3) is 0.538. The molecule has 0 bridgehead atoms. The summed E-state index contributed by atoms with van der Waals surface area (Å²) in [6.07, 6.45) is -6.35. The van der Waals surface area contributed by atoms with Gasteiger partial charge in [0.15, 0.2) is 11.2 Å². The molecule has 3 fully saturated rings. The summed E-state index contributed by atoms with van der Waals surface area (Å²) in [5.74, 6) is -1.17. The second-order valence-electron chi connectivity index (χ2n) is 16.7. The Balaban J connectivity index is 1.34. The summed E-state index contributed by atoms with van der Waals surface area (Å²) in [6, 6.07) is 2.91. The lowest BCUT2D eigenvalue weighted by molar-refractivity contribution is -0.140. The Morgan fingerprint density at radius 2 is 1.78 bits per heavy atom. The van der Waals surface area contributed by atoms with Crippen LogP contribution in [0.1, 0.15) is 72.9 Å². The van der Waals surface area contributed by atoms with Crippen molar-refractivity contribution in [2.24, 2.45) is 0 Å². The topological polar surface area (TPSA) is 133 Å². The molecule has 3 atom stereocenters. The van der Waals surface area contributed by atoms with E-state index in [2.05, 4.69) is 25.1 Å². The van der Waals surface area contributed by atoms with E-state index < -0.39 is 64.5 Å². The lowest BCUT2D eigenvalue weighted by atomic mass is 9.95. The number of likely N-dealkylation sites (tertiary alicyclic amines) is 1. The highest BCUT2D eigenvalue weighted by Crippen LogP contribution is 2.50. The van der Waals surface area contributed by atoms with E-state index in [1.807, 2.05) is 4.90 Å². The van der Waals surface area contributed by atoms with E-state index in [9.17, 15) is 14.0 Å². The number of hydrogen-bond donors (Lipinski definition) is 1. The van der Waals surface area contributed by atoms with Crippen molar-refractivity contribution >= 4 is 55.3 Å². The highest BCUT2D eigenvalue weighted by molar-refractivity contribution is 7.24. The zero-order valence-corrected chi connectivity index (χ0v) is 33.5. The number of nitrogens with zero attached hydrogens (tertiary/aromatic N) is 6. The van der Waals surface area contributed by atoms with Crippen LogP contribution in [0.15, 0.2) is 18.2 Å². The molecule has 1 aromatic carbocycles. The molecule has 3 aromatic heterocycles. The first-order valence-electron chi connectivity index (χ1n) is 18.7. The molecule has 3 aliphatic heterocycles. The Labute approximate surface area is 334 Å². The number of pyridine rings is 1. The van der Waals surface area contributed by atoms with E-state index in [4.69, 9.17) is 25.5 Å². The molecule has 310 valence electrons. The van der Waals surface area contributed by atoms with Crippen LogP contribution in [-0.4, -0.2) is 98.7 Å². The largest absolute Gasteiger partial charge is 0.471 e. The minimum Gasteiger partial charge on any atom is -0.471 e. The summed E-state index contributed by atoms with van der Waals surface area (Å²) in [7, 11) is 0. The maximum absolute atomic E-state index is 15.4. The average Bonchev–Trinajstić information content (AvgIpc) is 3.88. The maximum Gasteiger partial charge on any atom is 0.433 e. The first-order chi connectivity index (χ1) is 27.1. The molecule has 7 rings (SSSR count). The molecule has 6 heterocycles. The highest BCUT2D eigenvalue weighted by Gasteiger charge is 2.49. The van der Waals surface area contributed by atoms with Gasteiger partial charge in [0.1, 0.15) is 46.4 Å². The number of thiophene rings is 1. The Morgan fingerprint density at radius 3 is 2.47 bits per heavy atom. The zero-order chi connectivity index (χ0) is 41.9. The van der Waals surface area contributed by atoms with Crippen LogP contribution in [-0.2, 0) is 15.7 Å². The summed E-state index contributed by atoms with van der Waals surface area (Å²) < 4.78 is 98.3. The van der Waals surface area contributed by atoms with Crippen LogP contribution in [0.3, 0.4) is 0 Å². The number of halogens is 5. The fourth-order valence-electron chi connectivity index (χ4n) is 7.67. The van der Waals surface area contributed by atoms with Gasteiger partial charge in [0.25, 0.3) is 0 Å². The van der Waals surface area contributed by atoms with E-state index in [0.29, 0.717) is 30.7 Å². The van der Waals surface area contributed by atoms with Crippen LogP contribution in [0.4, 0.5) is 42.2 Å². The molecular formula is C39H42F5N7O6S. The van der Waals surface area contributed by atoms with Gasteiger partial charge in [0.05, 0.1) is 23.4 Å². The van der Waals surface area contributed by atoms with Crippen LogP contribution in [0.2, 0.25) is 0 Å². The number of hydrogen-bond acceptors (Lipinski definition) is 11. The van der Waals surface area contributed by atoms with Crippen molar-refractivity contribution in [2.45, 2.75) is 102 Å². The number of alkyl halides is 4. The fourth-order valence-corrected chi connectivity index (χ4v) is 8.73. The van der Waals surface area contributed by atoms with Crippen molar-refractivity contribution in [1.29, 1.82) is 0 Å². The number of rotatable bonds is 7. The second-order valence-corrected chi connectivity index (χ2v) is 17.7. The lowest BCUT2D eigenvalue weighted by Gasteiger charge is -2.30. The Bertz CT molecular complexity index is 2320. The number of fused-ring (bicyclic) bond motifs is 3. The third-order valence-corrected chi connectivity index (χ3v) is 11.1. The summed E-state index contributed by atoms with van der Waals surface area (Å²) in [5.41, 5.74) is -5.24. The first kappa shape index (κ1) is 41.1. The molecule has 3 aliphatic rings. The molecule has 0 unspecified atom stereocenters. The smallest absolute Gasteiger partial charge is 0.433 e. The molecule has 0 saturated carbocycles. The van der Waals surface area contributed by atoms with Crippen molar-refractivity contribution < 1.29 is 50.5 Å². The van der Waals surface area contributed by atoms with Crippen molar-refractivity contribution in [3.63, 3.8) is 0 Å². The third kappa shape index (κ3) is 8.39. The molecule has 58 heavy (non-hydrogen) atoms. The standard InChI is InChI=1S/C39H42F5N7O6S/c1-36(2,3)56-34(52)49-32-28(45-7)26-22(9-10-24(41)29(26)58-32)23-15-25-27(47-30(23)39(42,43)44)31(55-21-11-14-50(18-21)35(53)57-37(4,5)6)48-33(46-25)54-19-38-12-8-13-51(38)17-20(40)16-38/h9-10,15,20-21H,8,11-14,16-19H2,1-6H3,(H,49,52)/t20-,21-,38+/m1/s1. The van der Waals surface area contributed by atoms with E-state index in [0.717, 1.165) is 24.6 Å². The minimum absolute atomic E-state index is 0.00438. The normalized spacial score (nSPS) is 21.3. The summed E-state index contributed by atoms with van der Waals surface area (Å²) in [4.78, 5) is 45.3. The monoisotopic (exact) mass is 831 g/mol. The number of aromatic nitrogens is 3. The van der Waals surface area contributed by atoms with Crippen LogP contribution in [0, 0.1) is 12.4 Å². The third-order valence-electron chi connectivity index (χ3n) is 9.97. The van der Waals surface area contributed by atoms with E-state index in [-0.39, 0.29) is 81.9 Å². The Hall–Kier alpha value is -5.09. The molecule has 0 radical (unpaired) electrons. The van der Waals surface area contributed by atoms with Gasteiger partial charge in [0, 0.05) is 36.9 Å². The number of carbonyl (C=O) groups excluding carboxylic acids is 2. The first-order valence-corrected chi connectivity index (χ1v) is 19.5. The van der Waals surface area contributed by atoms with Gasteiger partial charge in [-0.1, -0.05) is 6.07 Å². The van der Waals surface area contributed by atoms with E-state index in [1.165, 1.54) is 4.90 Å². The average molecular weight is 832 g/mol. The number of benzene rings is 1. The number of anilines is 1. The second kappa shape index (κ2) is 14.9. The predicted molar refractivity (Wildman–Crippen MR) is 205 cm³/mol. The summed E-state index contributed by atoms with van der Waals surface area (Å²) in [5, 5.41) is 2.13. The number of ether oxygens (including phenoxy) is 4. The van der Waals surface area contributed by atoms with Crippen molar-refractivity contribution in [3.8, 4) is 23.0 Å². The molecule has 2 amide bonds. The zero-order valence-electron chi connectivity index (χ0n) is 32.7. The Kier molecular flexibility index (Phi) is 10.6. The van der Waals surface area contributed by atoms with Crippen molar-refractivity contribution in [2.75, 3.05) is 38.1 Å². The van der Waals surface area contributed by atoms with Gasteiger partial charge in [-0.2, -0.15) is 23.1 Å². The van der Waals surface area contributed by atoms with Gasteiger partial charge in [-0.15, -0.1) is 11.3 Å². The van der Waals surface area contributed by atoms with Gasteiger partial charge in [-0.25, -0.2) is 28.2 Å². The molecular weight excluding hydrogens is 790 g/mol. The van der Waals surface area contributed by atoms with Gasteiger partial charge in [-0.3, -0.25) is 10.2 Å². The Morgan fingerprint density at radius 1 is 1.03 bits per heavy atom. The lowest BCUT2D eigenvalue weighted by Crippen LogP contribution is -2.43. The summed E-state index contributed by atoms with van der Waals surface area (Å²) >= 11 is 0.673. The number of nitrogens with one attached hydrogen (secondary N) is 1. The predicted octanol–water partition coefficient (Wildman–Crippen LogP) is 9.31. The van der Waals surface area contributed by atoms with E-state index in [1.54, 1.807) is 41.5 Å². The molecule has 0 spiro atoms. The number of carbonyl (C=O) groups is 2.